The minimum Gasteiger partial charge on any atom is -0.466 e. The van der Waals surface area contributed by atoms with Gasteiger partial charge < -0.3 is 4.74 Å². The Labute approximate surface area is 105 Å². The average molecular weight is 278 g/mol. The zero-order valence-electron chi connectivity index (χ0n) is 9.73. The predicted octanol–water partition coefficient (Wildman–Crippen LogP) is 2.17. The quantitative estimate of drug-likeness (QED) is 0.468. The van der Waals surface area contributed by atoms with E-state index in [-0.39, 0.29) is 6.61 Å². The molecule has 1 heterocycles. The van der Waals surface area contributed by atoms with Crippen LogP contribution in [0.1, 0.15) is 24.7 Å². The van der Waals surface area contributed by atoms with Gasteiger partial charge in [-0.25, -0.2) is 18.2 Å². The summed E-state index contributed by atoms with van der Waals surface area (Å²) in [6.07, 6.45) is -3.91. The number of alkyl halides is 2. The second-order valence-corrected chi connectivity index (χ2v) is 3.36. The summed E-state index contributed by atoms with van der Waals surface area (Å²) in [5.41, 5.74) is -2.62. The Morgan fingerprint density at radius 3 is 2.68 bits per heavy atom. The number of hydrogen-bond donors (Lipinski definition) is 0. The molecule has 9 heteroatoms. The molecule has 6 nitrogen and oxygen atoms in total. The van der Waals surface area contributed by atoms with E-state index in [1.54, 1.807) is 0 Å². The highest BCUT2D eigenvalue weighted by Gasteiger charge is 2.26. The van der Waals surface area contributed by atoms with Crippen LogP contribution in [0.2, 0.25) is 0 Å². The molecule has 0 bridgehead atoms. The third-order valence-electron chi connectivity index (χ3n) is 2.08. The lowest BCUT2D eigenvalue weighted by molar-refractivity contribution is -0.386. The number of esters is 1. The second-order valence-electron chi connectivity index (χ2n) is 3.36. The van der Waals surface area contributed by atoms with E-state index >= 15 is 0 Å². The summed E-state index contributed by atoms with van der Waals surface area (Å²) in [6.45, 7) is 1.53. The van der Waals surface area contributed by atoms with Crippen molar-refractivity contribution in [1.29, 1.82) is 0 Å². The summed E-state index contributed by atoms with van der Waals surface area (Å²) < 4.78 is 42.6. The fourth-order valence-electron chi connectivity index (χ4n) is 1.32. The number of ether oxygens (including phenoxy) is 1. The van der Waals surface area contributed by atoms with E-state index in [1.165, 1.54) is 6.92 Å². The molecular formula is C10H9F3N2O4. The number of nitro groups is 1. The van der Waals surface area contributed by atoms with Gasteiger partial charge in [-0.3, -0.25) is 14.9 Å². The maximum absolute atomic E-state index is 13.2. The van der Waals surface area contributed by atoms with Gasteiger partial charge in [-0.2, -0.15) is 0 Å². The number of carbonyl (C=O) groups is 1. The molecule has 0 spiro atoms. The lowest BCUT2D eigenvalue weighted by Crippen LogP contribution is -2.12. The monoisotopic (exact) mass is 278 g/mol. The second kappa shape index (κ2) is 6.12. The van der Waals surface area contributed by atoms with Crippen molar-refractivity contribution in [1.82, 2.24) is 4.98 Å². The summed E-state index contributed by atoms with van der Waals surface area (Å²) in [5, 5.41) is 10.7. The van der Waals surface area contributed by atoms with Gasteiger partial charge in [-0.05, 0) is 6.92 Å². The van der Waals surface area contributed by atoms with Crippen LogP contribution in [0.15, 0.2) is 6.07 Å². The van der Waals surface area contributed by atoms with E-state index in [1.807, 2.05) is 0 Å². The lowest BCUT2D eigenvalue weighted by atomic mass is 10.2. The Morgan fingerprint density at radius 1 is 1.58 bits per heavy atom. The number of halogens is 3. The molecule has 1 aromatic rings. The topological polar surface area (TPSA) is 82.3 Å². The van der Waals surface area contributed by atoms with E-state index < -0.39 is 46.6 Å². The fraction of sp³-hybridized carbons (Fsp3) is 0.400. The van der Waals surface area contributed by atoms with Gasteiger partial charge >= 0.3 is 5.97 Å². The highest BCUT2D eigenvalue weighted by molar-refractivity contribution is 5.73. The molecule has 104 valence electrons. The molecule has 0 saturated carbocycles. The zero-order chi connectivity index (χ0) is 14.6. The summed E-state index contributed by atoms with van der Waals surface area (Å²) in [6, 6.07) is 0.322. The van der Waals surface area contributed by atoms with Crippen LogP contribution < -0.4 is 0 Å². The summed E-state index contributed by atoms with van der Waals surface area (Å²) in [5.74, 6) is -2.36. The van der Waals surface area contributed by atoms with E-state index in [4.69, 9.17) is 0 Å². The summed E-state index contributed by atoms with van der Waals surface area (Å²) in [4.78, 5) is 24.0. The van der Waals surface area contributed by atoms with Gasteiger partial charge in [0, 0.05) is 0 Å². The maximum atomic E-state index is 13.2. The number of rotatable bonds is 5. The van der Waals surface area contributed by atoms with E-state index in [2.05, 4.69) is 9.72 Å². The van der Waals surface area contributed by atoms with Crippen LogP contribution in [0, 0.1) is 15.9 Å². The first kappa shape index (κ1) is 14.9. The van der Waals surface area contributed by atoms with Crippen LogP contribution in [0.4, 0.5) is 18.9 Å². The summed E-state index contributed by atoms with van der Waals surface area (Å²) in [7, 11) is 0. The summed E-state index contributed by atoms with van der Waals surface area (Å²) >= 11 is 0. The van der Waals surface area contributed by atoms with Gasteiger partial charge in [0.2, 0.25) is 0 Å². The minimum absolute atomic E-state index is 0.0233. The standard InChI is InChI=1S/C10H9F3N2O4/c1-2-19-8(16)4-6-7(15(17)18)3-5(11)9(14-6)10(12)13/h3,10H,2,4H2,1H3. The van der Waals surface area contributed by atoms with Crippen LogP contribution in [0.3, 0.4) is 0 Å². The van der Waals surface area contributed by atoms with Crippen LogP contribution in [-0.2, 0) is 16.0 Å². The van der Waals surface area contributed by atoms with Crippen molar-refractivity contribution in [2.45, 2.75) is 19.8 Å². The third kappa shape index (κ3) is 3.63. The molecule has 0 aliphatic carbocycles. The van der Waals surface area contributed by atoms with Crippen molar-refractivity contribution >= 4 is 11.7 Å². The first-order valence-electron chi connectivity index (χ1n) is 5.14. The molecule has 0 radical (unpaired) electrons. The zero-order valence-corrected chi connectivity index (χ0v) is 9.73. The van der Waals surface area contributed by atoms with E-state index in [9.17, 15) is 28.1 Å². The molecule has 19 heavy (non-hydrogen) atoms. The number of pyridine rings is 1. The van der Waals surface area contributed by atoms with Gasteiger partial charge in [0.15, 0.2) is 5.82 Å². The molecule has 1 rings (SSSR count). The van der Waals surface area contributed by atoms with Gasteiger partial charge in [0.1, 0.15) is 11.4 Å². The minimum atomic E-state index is -3.23. The van der Waals surface area contributed by atoms with Gasteiger partial charge in [-0.1, -0.05) is 0 Å². The third-order valence-corrected chi connectivity index (χ3v) is 2.08. The van der Waals surface area contributed by atoms with Crippen LogP contribution in [-0.4, -0.2) is 22.5 Å². The van der Waals surface area contributed by atoms with Crippen LogP contribution in [0.5, 0.6) is 0 Å². The first-order valence-corrected chi connectivity index (χ1v) is 5.14. The van der Waals surface area contributed by atoms with E-state index in [0.717, 1.165) is 0 Å². The van der Waals surface area contributed by atoms with Crippen molar-refractivity contribution in [3.8, 4) is 0 Å². The largest absolute Gasteiger partial charge is 0.466 e. The normalized spacial score (nSPS) is 10.6. The SMILES string of the molecule is CCOC(=O)Cc1nc(C(F)F)c(F)cc1[N+](=O)[O-]. The molecule has 1 aromatic heterocycles. The van der Waals surface area contributed by atoms with Gasteiger partial charge in [0.25, 0.3) is 12.1 Å². The van der Waals surface area contributed by atoms with Crippen molar-refractivity contribution in [2.75, 3.05) is 6.61 Å². The fourth-order valence-corrected chi connectivity index (χ4v) is 1.32. The predicted molar refractivity (Wildman–Crippen MR) is 56.1 cm³/mol. The molecule has 0 amide bonds. The van der Waals surface area contributed by atoms with Gasteiger partial charge in [-0.15, -0.1) is 0 Å². The van der Waals surface area contributed by atoms with Gasteiger partial charge in [0.05, 0.1) is 24.0 Å². The van der Waals surface area contributed by atoms with E-state index in [0.29, 0.717) is 6.07 Å². The molecule has 0 atom stereocenters. The molecule has 0 unspecified atom stereocenters. The van der Waals surface area contributed by atoms with Crippen molar-refractivity contribution < 1.29 is 27.6 Å². The Hall–Kier alpha value is -2.19. The molecule has 0 aliphatic heterocycles. The first-order chi connectivity index (χ1) is 8.86. The number of aromatic nitrogens is 1. The average Bonchev–Trinajstić information content (AvgIpc) is 2.30. The Bertz CT molecular complexity index is 508. The van der Waals surface area contributed by atoms with Crippen molar-refractivity contribution in [2.24, 2.45) is 0 Å². The molecule has 0 fully saturated rings. The highest BCUT2D eigenvalue weighted by Crippen LogP contribution is 2.26. The molecule has 0 N–H and O–H groups in total. The number of carbonyl (C=O) groups excluding carboxylic acids is 1. The number of nitrogens with zero attached hydrogens (tertiary/aromatic N) is 2. The molecule has 0 saturated heterocycles. The van der Waals surface area contributed by atoms with Crippen molar-refractivity contribution in [3.05, 3.63) is 33.4 Å². The Morgan fingerprint density at radius 2 is 2.21 bits per heavy atom. The van der Waals surface area contributed by atoms with Crippen LogP contribution in [0.25, 0.3) is 0 Å². The lowest BCUT2D eigenvalue weighted by Gasteiger charge is -2.06. The Balaban J connectivity index is 3.21. The smallest absolute Gasteiger partial charge is 0.312 e. The number of hydrogen-bond acceptors (Lipinski definition) is 5. The highest BCUT2D eigenvalue weighted by atomic mass is 19.3. The Kier molecular flexibility index (Phi) is 4.79. The maximum Gasteiger partial charge on any atom is 0.312 e. The van der Waals surface area contributed by atoms with Crippen LogP contribution >= 0.6 is 0 Å². The molecule has 0 aromatic carbocycles. The van der Waals surface area contributed by atoms with Crippen molar-refractivity contribution in [3.63, 3.8) is 0 Å². The molecular weight excluding hydrogens is 269 g/mol. The molecule has 0 aliphatic rings.